The van der Waals surface area contributed by atoms with Crippen LogP contribution in [-0.2, 0) is 0 Å². The van der Waals surface area contributed by atoms with Crippen LogP contribution >= 0.6 is 0 Å². The molecule has 106 valence electrons. The summed E-state index contributed by atoms with van der Waals surface area (Å²) >= 11 is 0. The Hall–Kier alpha value is -2.62. The molecule has 2 aromatic carbocycles. The maximum Gasteiger partial charge on any atom is 0.255 e. The van der Waals surface area contributed by atoms with Crippen molar-refractivity contribution >= 4 is 22.5 Å². The van der Waals surface area contributed by atoms with Crippen molar-refractivity contribution in [3.63, 3.8) is 0 Å². The van der Waals surface area contributed by atoms with Crippen molar-refractivity contribution in [1.29, 1.82) is 0 Å². The third-order valence-electron chi connectivity index (χ3n) is 3.54. The van der Waals surface area contributed by atoms with Crippen molar-refractivity contribution in [2.75, 3.05) is 5.32 Å². The number of hydrogen-bond donors (Lipinski definition) is 2. The predicted molar refractivity (Wildman–Crippen MR) is 84.6 cm³/mol. The highest BCUT2D eigenvalue weighted by Crippen LogP contribution is 2.18. The highest BCUT2D eigenvalue weighted by molar-refractivity contribution is 6.05. The van der Waals surface area contributed by atoms with E-state index in [1.165, 1.54) is 5.56 Å². The third-order valence-corrected chi connectivity index (χ3v) is 3.54. The Labute approximate surface area is 123 Å². The molecule has 0 saturated carbocycles. The smallest absolute Gasteiger partial charge is 0.255 e. The van der Waals surface area contributed by atoms with Gasteiger partial charge in [0, 0.05) is 16.6 Å². The maximum atomic E-state index is 12.2. The molecule has 0 aliphatic carbocycles. The fraction of sp³-hybridized carbons (Fsp3) is 0.176. The summed E-state index contributed by atoms with van der Waals surface area (Å²) in [7, 11) is 0. The van der Waals surface area contributed by atoms with Gasteiger partial charge in [0.2, 0.25) is 0 Å². The number of aromatic nitrogens is 2. The number of anilines is 1. The number of nitrogens with one attached hydrogen (secondary N) is 2. The van der Waals surface area contributed by atoms with Crippen LogP contribution in [0.5, 0.6) is 0 Å². The lowest BCUT2D eigenvalue weighted by molar-refractivity contribution is 0.102. The second-order valence-corrected chi connectivity index (χ2v) is 5.40. The van der Waals surface area contributed by atoms with E-state index in [-0.39, 0.29) is 5.91 Å². The van der Waals surface area contributed by atoms with Gasteiger partial charge in [-0.25, -0.2) is 0 Å². The van der Waals surface area contributed by atoms with E-state index in [4.69, 9.17) is 0 Å². The van der Waals surface area contributed by atoms with Crippen molar-refractivity contribution < 1.29 is 4.79 Å². The average molecular weight is 279 g/mol. The van der Waals surface area contributed by atoms with E-state index in [9.17, 15) is 4.79 Å². The van der Waals surface area contributed by atoms with Gasteiger partial charge in [-0.05, 0) is 41.8 Å². The second kappa shape index (κ2) is 5.40. The first kappa shape index (κ1) is 13.4. The average Bonchev–Trinajstić information content (AvgIpc) is 2.95. The highest BCUT2D eigenvalue weighted by atomic mass is 16.1. The van der Waals surface area contributed by atoms with Crippen LogP contribution in [0, 0.1) is 0 Å². The van der Waals surface area contributed by atoms with Crippen LogP contribution in [0.1, 0.15) is 35.7 Å². The monoisotopic (exact) mass is 279 g/mol. The van der Waals surface area contributed by atoms with Gasteiger partial charge in [-0.1, -0.05) is 26.0 Å². The minimum Gasteiger partial charge on any atom is -0.322 e. The highest BCUT2D eigenvalue weighted by Gasteiger charge is 2.07. The Bertz CT molecular complexity index is 772. The zero-order valence-electron chi connectivity index (χ0n) is 12.1. The first-order valence-electron chi connectivity index (χ1n) is 6.98. The van der Waals surface area contributed by atoms with E-state index in [0.29, 0.717) is 11.5 Å². The SMILES string of the molecule is CC(C)c1ccc(C(=O)Nc2ccc3cn[nH]c3c2)cc1. The third kappa shape index (κ3) is 2.79. The Morgan fingerprint density at radius 2 is 1.90 bits per heavy atom. The van der Waals surface area contributed by atoms with Crippen LogP contribution in [0.4, 0.5) is 5.69 Å². The number of rotatable bonds is 3. The Balaban J connectivity index is 1.78. The van der Waals surface area contributed by atoms with Crippen LogP contribution in [0.25, 0.3) is 10.9 Å². The number of amides is 1. The molecule has 21 heavy (non-hydrogen) atoms. The molecule has 0 atom stereocenters. The van der Waals surface area contributed by atoms with Crippen molar-refractivity contribution in [2.45, 2.75) is 19.8 Å². The zero-order valence-corrected chi connectivity index (χ0v) is 12.1. The summed E-state index contributed by atoms with van der Waals surface area (Å²) in [6.07, 6.45) is 1.76. The van der Waals surface area contributed by atoms with Crippen molar-refractivity contribution in [3.05, 3.63) is 59.8 Å². The Morgan fingerprint density at radius 3 is 2.62 bits per heavy atom. The van der Waals surface area contributed by atoms with Gasteiger partial charge in [-0.3, -0.25) is 9.89 Å². The number of carbonyl (C=O) groups excluding carboxylic acids is 1. The summed E-state index contributed by atoms with van der Waals surface area (Å²) in [5.41, 5.74) is 3.54. The zero-order chi connectivity index (χ0) is 14.8. The summed E-state index contributed by atoms with van der Waals surface area (Å²) in [6, 6.07) is 13.4. The van der Waals surface area contributed by atoms with Gasteiger partial charge in [0.15, 0.2) is 0 Å². The molecule has 1 amide bonds. The fourth-order valence-electron chi connectivity index (χ4n) is 2.24. The summed E-state index contributed by atoms with van der Waals surface area (Å²) in [6.45, 7) is 4.27. The lowest BCUT2D eigenvalue weighted by Gasteiger charge is -2.08. The molecule has 0 aliphatic heterocycles. The van der Waals surface area contributed by atoms with Crippen molar-refractivity contribution in [2.24, 2.45) is 0 Å². The first-order valence-corrected chi connectivity index (χ1v) is 6.98. The second-order valence-electron chi connectivity index (χ2n) is 5.40. The van der Waals surface area contributed by atoms with Crippen molar-refractivity contribution in [3.8, 4) is 0 Å². The Kier molecular flexibility index (Phi) is 3.44. The molecule has 2 N–H and O–H groups in total. The van der Waals surface area contributed by atoms with E-state index in [1.807, 2.05) is 42.5 Å². The maximum absolute atomic E-state index is 12.2. The van der Waals surface area contributed by atoms with Gasteiger partial charge in [0.25, 0.3) is 5.91 Å². The van der Waals surface area contributed by atoms with E-state index in [0.717, 1.165) is 16.6 Å². The number of benzene rings is 2. The van der Waals surface area contributed by atoms with Crippen LogP contribution in [-0.4, -0.2) is 16.1 Å². The Morgan fingerprint density at radius 1 is 1.14 bits per heavy atom. The van der Waals surface area contributed by atoms with E-state index in [1.54, 1.807) is 6.20 Å². The molecule has 4 heteroatoms. The van der Waals surface area contributed by atoms with Gasteiger partial charge in [0.1, 0.15) is 0 Å². The van der Waals surface area contributed by atoms with Crippen LogP contribution in [0.15, 0.2) is 48.7 Å². The number of H-pyrrole nitrogens is 1. The molecule has 0 bridgehead atoms. The van der Waals surface area contributed by atoms with E-state index in [2.05, 4.69) is 29.4 Å². The summed E-state index contributed by atoms with van der Waals surface area (Å²) in [4.78, 5) is 12.2. The molecule has 3 rings (SSSR count). The predicted octanol–water partition coefficient (Wildman–Crippen LogP) is 3.94. The number of fused-ring (bicyclic) bond motifs is 1. The number of hydrogen-bond acceptors (Lipinski definition) is 2. The normalized spacial score (nSPS) is 11.0. The van der Waals surface area contributed by atoms with Gasteiger partial charge in [-0.15, -0.1) is 0 Å². The molecule has 0 radical (unpaired) electrons. The minimum absolute atomic E-state index is 0.107. The molecule has 1 aromatic heterocycles. The van der Waals surface area contributed by atoms with Crippen LogP contribution < -0.4 is 5.32 Å². The fourth-order valence-corrected chi connectivity index (χ4v) is 2.24. The van der Waals surface area contributed by atoms with E-state index < -0.39 is 0 Å². The molecule has 4 nitrogen and oxygen atoms in total. The molecule has 0 fully saturated rings. The summed E-state index contributed by atoms with van der Waals surface area (Å²) in [5, 5.41) is 10.8. The number of nitrogens with zero attached hydrogens (tertiary/aromatic N) is 1. The molecular weight excluding hydrogens is 262 g/mol. The first-order chi connectivity index (χ1) is 10.1. The molecule has 1 heterocycles. The lowest BCUT2D eigenvalue weighted by Crippen LogP contribution is -2.11. The molecule has 0 unspecified atom stereocenters. The molecule has 0 saturated heterocycles. The standard InChI is InChI=1S/C17H17N3O/c1-11(2)12-3-5-13(6-4-12)17(21)19-15-8-7-14-10-18-20-16(14)9-15/h3-11H,1-2H3,(H,18,20)(H,19,21). The van der Waals surface area contributed by atoms with Gasteiger partial charge in [0.05, 0.1) is 11.7 Å². The van der Waals surface area contributed by atoms with Crippen LogP contribution in [0.3, 0.4) is 0 Å². The summed E-state index contributed by atoms with van der Waals surface area (Å²) < 4.78 is 0. The lowest BCUT2D eigenvalue weighted by atomic mass is 10.0. The van der Waals surface area contributed by atoms with E-state index >= 15 is 0 Å². The summed E-state index contributed by atoms with van der Waals surface area (Å²) in [5.74, 6) is 0.356. The van der Waals surface area contributed by atoms with Crippen molar-refractivity contribution in [1.82, 2.24) is 10.2 Å². The van der Waals surface area contributed by atoms with Gasteiger partial charge in [-0.2, -0.15) is 5.10 Å². The molecule has 0 spiro atoms. The number of carbonyl (C=O) groups is 1. The molecule has 0 aliphatic rings. The molecule has 3 aromatic rings. The van der Waals surface area contributed by atoms with Gasteiger partial charge < -0.3 is 5.32 Å². The van der Waals surface area contributed by atoms with Crippen LogP contribution in [0.2, 0.25) is 0 Å². The topological polar surface area (TPSA) is 57.8 Å². The quantitative estimate of drug-likeness (QED) is 0.763. The largest absolute Gasteiger partial charge is 0.322 e. The number of aromatic amines is 1. The van der Waals surface area contributed by atoms with Gasteiger partial charge >= 0.3 is 0 Å². The minimum atomic E-state index is -0.107. The molecular formula is C17H17N3O.